The first-order valence-electron chi connectivity index (χ1n) is 3.85. The first-order valence-corrected chi connectivity index (χ1v) is 3.85. The Morgan fingerprint density at radius 2 is 2.15 bits per heavy atom. The molecule has 4 nitrogen and oxygen atoms in total. The van der Waals surface area contributed by atoms with Crippen molar-refractivity contribution in [1.29, 1.82) is 0 Å². The Kier molecular flexibility index (Phi) is 2.74. The van der Waals surface area contributed by atoms with Crippen LogP contribution in [0.2, 0.25) is 0 Å². The topological polar surface area (TPSA) is 66.8 Å². The fraction of sp³-hybridized carbons (Fsp3) is 0.222. The molecular formula is C9H10O4. The van der Waals surface area contributed by atoms with Gasteiger partial charge in [0, 0.05) is 0 Å². The second-order valence-corrected chi connectivity index (χ2v) is 2.39. The number of rotatable bonds is 2. The lowest BCUT2D eigenvalue weighted by atomic mass is 10.2. The quantitative estimate of drug-likeness (QED) is 0.534. The summed E-state index contributed by atoms with van der Waals surface area (Å²) in [4.78, 5) is 11.1. The van der Waals surface area contributed by atoms with Gasteiger partial charge in [0.05, 0.1) is 6.61 Å². The van der Waals surface area contributed by atoms with Crippen LogP contribution < -0.4 is 0 Å². The van der Waals surface area contributed by atoms with Crippen LogP contribution in [-0.2, 0) is 4.74 Å². The average Bonchev–Trinajstić information content (AvgIpc) is 2.10. The van der Waals surface area contributed by atoms with Crippen molar-refractivity contribution in [3.8, 4) is 11.5 Å². The van der Waals surface area contributed by atoms with Crippen LogP contribution in [0.15, 0.2) is 18.2 Å². The fourth-order valence-electron chi connectivity index (χ4n) is 0.905. The summed E-state index contributed by atoms with van der Waals surface area (Å²) in [6.45, 7) is 1.89. The number of para-hydroxylation sites is 1. The molecule has 0 bridgehead atoms. The molecule has 4 heteroatoms. The van der Waals surface area contributed by atoms with Crippen LogP contribution in [0.4, 0.5) is 0 Å². The summed E-state index contributed by atoms with van der Waals surface area (Å²) >= 11 is 0. The van der Waals surface area contributed by atoms with Gasteiger partial charge in [-0.3, -0.25) is 0 Å². The molecule has 0 saturated heterocycles. The van der Waals surface area contributed by atoms with Gasteiger partial charge in [0.25, 0.3) is 0 Å². The van der Waals surface area contributed by atoms with Crippen LogP contribution in [-0.4, -0.2) is 22.8 Å². The predicted molar refractivity (Wildman–Crippen MR) is 45.7 cm³/mol. The van der Waals surface area contributed by atoms with E-state index in [0.29, 0.717) is 0 Å². The molecule has 70 valence electrons. The molecule has 0 heterocycles. The van der Waals surface area contributed by atoms with Crippen molar-refractivity contribution in [2.24, 2.45) is 0 Å². The van der Waals surface area contributed by atoms with Gasteiger partial charge in [-0.2, -0.15) is 0 Å². The third-order valence-corrected chi connectivity index (χ3v) is 1.51. The van der Waals surface area contributed by atoms with Crippen LogP contribution in [0.3, 0.4) is 0 Å². The zero-order valence-corrected chi connectivity index (χ0v) is 7.15. The van der Waals surface area contributed by atoms with Gasteiger partial charge in [-0.05, 0) is 19.1 Å². The SMILES string of the molecule is CCOC(=O)c1cccc(O)c1O. The highest BCUT2D eigenvalue weighted by molar-refractivity contribution is 5.93. The van der Waals surface area contributed by atoms with E-state index in [1.807, 2.05) is 0 Å². The molecule has 1 rings (SSSR count). The summed E-state index contributed by atoms with van der Waals surface area (Å²) in [6.07, 6.45) is 0. The van der Waals surface area contributed by atoms with E-state index in [1.165, 1.54) is 18.2 Å². The van der Waals surface area contributed by atoms with E-state index >= 15 is 0 Å². The molecule has 0 spiro atoms. The van der Waals surface area contributed by atoms with Crippen LogP contribution in [0.25, 0.3) is 0 Å². The molecule has 0 aliphatic carbocycles. The molecule has 0 radical (unpaired) electrons. The average molecular weight is 182 g/mol. The monoisotopic (exact) mass is 182 g/mol. The van der Waals surface area contributed by atoms with Crippen molar-refractivity contribution in [3.05, 3.63) is 23.8 Å². The Morgan fingerprint density at radius 1 is 1.46 bits per heavy atom. The maximum Gasteiger partial charge on any atom is 0.342 e. The molecule has 0 atom stereocenters. The highest BCUT2D eigenvalue weighted by Crippen LogP contribution is 2.28. The third-order valence-electron chi connectivity index (χ3n) is 1.51. The van der Waals surface area contributed by atoms with Gasteiger partial charge >= 0.3 is 5.97 Å². The van der Waals surface area contributed by atoms with E-state index in [0.717, 1.165) is 0 Å². The minimum absolute atomic E-state index is 0.0261. The number of esters is 1. The molecule has 0 aliphatic heterocycles. The summed E-state index contributed by atoms with van der Waals surface area (Å²) in [5.41, 5.74) is -0.0261. The van der Waals surface area contributed by atoms with Crippen molar-refractivity contribution >= 4 is 5.97 Å². The zero-order valence-electron chi connectivity index (χ0n) is 7.15. The van der Waals surface area contributed by atoms with Crippen molar-refractivity contribution in [1.82, 2.24) is 0 Å². The molecule has 0 aromatic heterocycles. The van der Waals surface area contributed by atoms with E-state index < -0.39 is 11.7 Å². The molecule has 2 N–H and O–H groups in total. The second kappa shape index (κ2) is 3.80. The summed E-state index contributed by atoms with van der Waals surface area (Å²) in [7, 11) is 0. The molecule has 1 aromatic carbocycles. The van der Waals surface area contributed by atoms with E-state index in [2.05, 4.69) is 4.74 Å². The van der Waals surface area contributed by atoms with Gasteiger partial charge in [-0.25, -0.2) is 4.79 Å². The lowest BCUT2D eigenvalue weighted by Gasteiger charge is -2.04. The Hall–Kier alpha value is -1.71. The number of hydrogen-bond donors (Lipinski definition) is 2. The minimum Gasteiger partial charge on any atom is -0.504 e. The van der Waals surface area contributed by atoms with Gasteiger partial charge in [-0.15, -0.1) is 0 Å². The second-order valence-electron chi connectivity index (χ2n) is 2.39. The summed E-state index contributed by atoms with van der Waals surface area (Å²) in [5, 5.41) is 18.3. The number of phenols is 2. The standard InChI is InChI=1S/C9H10O4/c1-2-13-9(12)6-4-3-5-7(10)8(6)11/h3-5,10-11H,2H2,1H3. The molecule has 0 amide bonds. The number of phenolic OH excluding ortho intramolecular Hbond substituents is 2. The smallest absolute Gasteiger partial charge is 0.342 e. The van der Waals surface area contributed by atoms with Gasteiger partial charge < -0.3 is 14.9 Å². The first-order chi connectivity index (χ1) is 6.16. The molecule has 0 aliphatic rings. The van der Waals surface area contributed by atoms with Crippen LogP contribution in [0.5, 0.6) is 11.5 Å². The van der Waals surface area contributed by atoms with Crippen LogP contribution in [0, 0.1) is 0 Å². The Bertz CT molecular complexity index is 319. The highest BCUT2D eigenvalue weighted by Gasteiger charge is 2.13. The maximum atomic E-state index is 11.1. The van der Waals surface area contributed by atoms with E-state index in [9.17, 15) is 9.90 Å². The molecule has 0 saturated carbocycles. The number of hydrogen-bond acceptors (Lipinski definition) is 4. The molecule has 0 unspecified atom stereocenters. The van der Waals surface area contributed by atoms with E-state index in [1.54, 1.807) is 6.92 Å². The minimum atomic E-state index is -0.643. The van der Waals surface area contributed by atoms with Crippen molar-refractivity contribution in [3.63, 3.8) is 0 Å². The highest BCUT2D eigenvalue weighted by atomic mass is 16.5. The van der Waals surface area contributed by atoms with Crippen molar-refractivity contribution in [2.75, 3.05) is 6.61 Å². The third kappa shape index (κ3) is 1.90. The van der Waals surface area contributed by atoms with E-state index in [4.69, 9.17) is 5.11 Å². The number of benzene rings is 1. The summed E-state index contributed by atoms with van der Waals surface area (Å²) in [6, 6.07) is 4.13. The lowest BCUT2D eigenvalue weighted by Crippen LogP contribution is -2.04. The largest absolute Gasteiger partial charge is 0.504 e. The molecule has 13 heavy (non-hydrogen) atoms. The Morgan fingerprint density at radius 3 is 2.77 bits per heavy atom. The van der Waals surface area contributed by atoms with Gasteiger partial charge in [0.1, 0.15) is 5.56 Å². The van der Waals surface area contributed by atoms with Gasteiger partial charge in [-0.1, -0.05) is 6.07 Å². The summed E-state index contributed by atoms with van der Waals surface area (Å²) < 4.78 is 4.65. The Balaban J connectivity index is 3.01. The first kappa shape index (κ1) is 9.38. The number of carbonyl (C=O) groups excluding carboxylic acids is 1. The predicted octanol–water partition coefficient (Wildman–Crippen LogP) is 1.27. The number of carbonyl (C=O) groups is 1. The van der Waals surface area contributed by atoms with Crippen LogP contribution in [0.1, 0.15) is 17.3 Å². The van der Waals surface area contributed by atoms with Gasteiger partial charge in [0.2, 0.25) is 0 Å². The normalized spacial score (nSPS) is 9.62. The number of aromatic hydroxyl groups is 2. The lowest BCUT2D eigenvalue weighted by molar-refractivity contribution is 0.0522. The Labute approximate surface area is 75.4 Å². The zero-order chi connectivity index (χ0) is 9.84. The van der Waals surface area contributed by atoms with Crippen LogP contribution >= 0.6 is 0 Å². The van der Waals surface area contributed by atoms with Crippen molar-refractivity contribution < 1.29 is 19.7 Å². The maximum absolute atomic E-state index is 11.1. The van der Waals surface area contributed by atoms with Gasteiger partial charge in [0.15, 0.2) is 11.5 Å². The fourth-order valence-corrected chi connectivity index (χ4v) is 0.905. The molecular weight excluding hydrogens is 172 g/mol. The van der Waals surface area contributed by atoms with E-state index in [-0.39, 0.29) is 17.9 Å². The number of ether oxygens (including phenoxy) is 1. The molecule has 0 fully saturated rings. The van der Waals surface area contributed by atoms with Crippen molar-refractivity contribution in [2.45, 2.75) is 6.92 Å². The summed E-state index contributed by atoms with van der Waals surface area (Å²) in [5.74, 6) is -1.41. The molecule has 1 aromatic rings.